The lowest BCUT2D eigenvalue weighted by Crippen LogP contribution is -2.22. The highest BCUT2D eigenvalue weighted by atomic mass is 32.2. The first-order chi connectivity index (χ1) is 8.30. The van der Waals surface area contributed by atoms with Crippen molar-refractivity contribution >= 4 is 16.0 Å². The minimum atomic E-state index is -3.52. The van der Waals surface area contributed by atoms with Crippen LogP contribution < -0.4 is 0 Å². The molecule has 6 nitrogen and oxygen atoms in total. The summed E-state index contributed by atoms with van der Waals surface area (Å²) < 4.78 is 24.7. The lowest BCUT2D eigenvalue weighted by atomic mass is 10.0. The van der Waals surface area contributed by atoms with Gasteiger partial charge in [0.15, 0.2) is 0 Å². The molecule has 0 aliphatic carbocycles. The maximum absolute atomic E-state index is 11.8. The van der Waals surface area contributed by atoms with Gasteiger partial charge in [-0.1, -0.05) is 6.92 Å². The average Bonchev–Trinajstić information content (AvgIpc) is 2.30. The maximum atomic E-state index is 11.8. The van der Waals surface area contributed by atoms with Crippen LogP contribution in [-0.2, 0) is 14.8 Å². The number of aliphatic carboxylic acids is 1. The summed E-state index contributed by atoms with van der Waals surface area (Å²) >= 11 is 0. The van der Waals surface area contributed by atoms with E-state index in [4.69, 9.17) is 5.11 Å². The number of pyridine rings is 1. The van der Waals surface area contributed by atoms with Gasteiger partial charge in [0.25, 0.3) is 0 Å². The Kier molecular flexibility index (Phi) is 4.42. The molecule has 1 rings (SSSR count). The molecule has 0 saturated heterocycles. The molecule has 1 heterocycles. The number of aromatic nitrogens is 1. The Morgan fingerprint density at radius 2 is 2.06 bits per heavy atom. The number of carboxylic acids is 1. The number of hydrogen-bond donors (Lipinski definition) is 1. The minimum Gasteiger partial charge on any atom is -0.481 e. The molecular weight excluding hydrogens is 256 g/mol. The van der Waals surface area contributed by atoms with E-state index in [1.807, 2.05) is 0 Å². The molecule has 1 atom stereocenters. The fourth-order valence-electron chi connectivity index (χ4n) is 1.47. The van der Waals surface area contributed by atoms with Crippen LogP contribution in [0, 0.1) is 0 Å². The number of carboxylic acid groups (broad SMARTS) is 1. The van der Waals surface area contributed by atoms with Crippen molar-refractivity contribution < 1.29 is 18.3 Å². The highest BCUT2D eigenvalue weighted by Gasteiger charge is 2.21. The van der Waals surface area contributed by atoms with Crippen LogP contribution in [0.1, 0.15) is 25.0 Å². The molecule has 7 heteroatoms. The molecule has 0 radical (unpaired) electrons. The van der Waals surface area contributed by atoms with Crippen molar-refractivity contribution in [2.24, 2.45) is 0 Å². The van der Waals surface area contributed by atoms with E-state index in [2.05, 4.69) is 4.98 Å². The van der Waals surface area contributed by atoms with Crippen LogP contribution in [0.25, 0.3) is 0 Å². The first-order valence-electron chi connectivity index (χ1n) is 5.42. The number of nitrogens with zero attached hydrogens (tertiary/aromatic N) is 2. The molecule has 0 aliphatic rings. The molecule has 0 aromatic carbocycles. The van der Waals surface area contributed by atoms with Crippen molar-refractivity contribution in [3.63, 3.8) is 0 Å². The van der Waals surface area contributed by atoms with Gasteiger partial charge in [0.1, 0.15) is 4.90 Å². The van der Waals surface area contributed by atoms with Gasteiger partial charge < -0.3 is 5.11 Å². The summed E-state index contributed by atoms with van der Waals surface area (Å²) in [6, 6.07) is 2.82. The van der Waals surface area contributed by atoms with E-state index in [0.717, 1.165) is 4.31 Å². The van der Waals surface area contributed by atoms with Crippen molar-refractivity contribution in [3.05, 3.63) is 24.0 Å². The molecule has 0 fully saturated rings. The van der Waals surface area contributed by atoms with E-state index in [-0.39, 0.29) is 4.90 Å². The van der Waals surface area contributed by atoms with Crippen LogP contribution in [0.15, 0.2) is 23.2 Å². The third-order valence-electron chi connectivity index (χ3n) is 2.60. The number of sulfonamides is 1. The molecule has 0 aliphatic heterocycles. The second-order valence-electron chi connectivity index (χ2n) is 4.01. The quantitative estimate of drug-likeness (QED) is 0.860. The largest absolute Gasteiger partial charge is 0.481 e. The molecule has 18 heavy (non-hydrogen) atoms. The van der Waals surface area contributed by atoms with Gasteiger partial charge in [-0.2, -0.15) is 0 Å². The Labute approximate surface area is 106 Å². The van der Waals surface area contributed by atoms with Crippen molar-refractivity contribution in [1.82, 2.24) is 9.29 Å². The normalized spacial score (nSPS) is 13.6. The van der Waals surface area contributed by atoms with E-state index in [0.29, 0.717) is 12.1 Å². The zero-order chi connectivity index (χ0) is 13.9. The van der Waals surface area contributed by atoms with Gasteiger partial charge in [-0.15, -0.1) is 0 Å². The summed E-state index contributed by atoms with van der Waals surface area (Å²) in [5, 5.41) is 8.98. The van der Waals surface area contributed by atoms with Gasteiger partial charge in [-0.3, -0.25) is 9.78 Å². The molecule has 0 amide bonds. The van der Waals surface area contributed by atoms with Crippen molar-refractivity contribution in [3.8, 4) is 0 Å². The fourth-order valence-corrected chi connectivity index (χ4v) is 2.32. The zero-order valence-electron chi connectivity index (χ0n) is 10.5. The standard InChI is InChI=1S/C11H16N2O4S/c1-4-9(11(14)15)10-6-5-8(7-12-10)18(16,17)13(2)3/h5-7,9H,4H2,1-3H3,(H,14,15). The Hall–Kier alpha value is -1.47. The Morgan fingerprint density at radius 1 is 1.44 bits per heavy atom. The number of hydrogen-bond acceptors (Lipinski definition) is 4. The summed E-state index contributed by atoms with van der Waals surface area (Å²) in [6.07, 6.45) is 1.60. The number of rotatable bonds is 5. The maximum Gasteiger partial charge on any atom is 0.312 e. The van der Waals surface area contributed by atoms with Crippen LogP contribution in [0.3, 0.4) is 0 Å². The van der Waals surface area contributed by atoms with Crippen molar-refractivity contribution in [2.45, 2.75) is 24.2 Å². The Morgan fingerprint density at radius 3 is 2.39 bits per heavy atom. The highest BCUT2D eigenvalue weighted by Crippen LogP contribution is 2.19. The lowest BCUT2D eigenvalue weighted by Gasteiger charge is -2.13. The van der Waals surface area contributed by atoms with Crippen LogP contribution in [0.4, 0.5) is 0 Å². The van der Waals surface area contributed by atoms with E-state index >= 15 is 0 Å². The first-order valence-corrected chi connectivity index (χ1v) is 6.86. The summed E-state index contributed by atoms with van der Waals surface area (Å²) in [6.45, 7) is 1.74. The smallest absolute Gasteiger partial charge is 0.312 e. The molecular formula is C11H16N2O4S. The fraction of sp³-hybridized carbons (Fsp3) is 0.455. The van der Waals surface area contributed by atoms with Crippen molar-refractivity contribution in [1.29, 1.82) is 0 Å². The van der Waals surface area contributed by atoms with Gasteiger partial charge in [0.05, 0.1) is 11.6 Å². The molecule has 1 aromatic rings. The molecule has 1 N–H and O–H groups in total. The lowest BCUT2D eigenvalue weighted by molar-refractivity contribution is -0.138. The Balaban J connectivity index is 3.11. The van der Waals surface area contributed by atoms with E-state index in [1.165, 1.54) is 32.4 Å². The van der Waals surface area contributed by atoms with E-state index in [9.17, 15) is 13.2 Å². The predicted molar refractivity (Wildman–Crippen MR) is 65.8 cm³/mol. The third kappa shape index (κ3) is 2.85. The summed E-state index contributed by atoms with van der Waals surface area (Å²) in [4.78, 5) is 14.9. The summed E-state index contributed by atoms with van der Waals surface area (Å²) in [7, 11) is -0.671. The second-order valence-corrected chi connectivity index (χ2v) is 6.16. The predicted octanol–water partition coefficient (Wildman–Crippen LogP) is 0.910. The van der Waals surface area contributed by atoms with Gasteiger partial charge in [0, 0.05) is 20.3 Å². The second kappa shape index (κ2) is 5.45. The topological polar surface area (TPSA) is 87.6 Å². The Bertz CT molecular complexity index is 522. The highest BCUT2D eigenvalue weighted by molar-refractivity contribution is 7.89. The summed E-state index contributed by atoms with van der Waals surface area (Å²) in [5.74, 6) is -1.67. The monoisotopic (exact) mass is 272 g/mol. The van der Waals surface area contributed by atoms with Gasteiger partial charge in [-0.05, 0) is 18.6 Å². The zero-order valence-corrected chi connectivity index (χ0v) is 11.3. The number of carbonyl (C=O) groups is 1. The van der Waals surface area contributed by atoms with E-state index < -0.39 is 21.9 Å². The molecule has 1 aromatic heterocycles. The van der Waals surface area contributed by atoms with Crippen LogP contribution >= 0.6 is 0 Å². The van der Waals surface area contributed by atoms with E-state index in [1.54, 1.807) is 6.92 Å². The SMILES string of the molecule is CCC(C(=O)O)c1ccc(S(=O)(=O)N(C)C)cn1. The molecule has 0 spiro atoms. The molecule has 0 saturated carbocycles. The third-order valence-corrected chi connectivity index (χ3v) is 4.40. The van der Waals surface area contributed by atoms with Gasteiger partial charge >= 0.3 is 5.97 Å². The van der Waals surface area contributed by atoms with Crippen molar-refractivity contribution in [2.75, 3.05) is 14.1 Å². The van der Waals surface area contributed by atoms with Crippen LogP contribution in [0.2, 0.25) is 0 Å². The summed E-state index contributed by atoms with van der Waals surface area (Å²) in [5.41, 5.74) is 0.364. The van der Waals surface area contributed by atoms with Gasteiger partial charge in [-0.25, -0.2) is 12.7 Å². The molecule has 100 valence electrons. The van der Waals surface area contributed by atoms with Gasteiger partial charge in [0.2, 0.25) is 10.0 Å². The van der Waals surface area contributed by atoms with Crippen LogP contribution in [0.5, 0.6) is 0 Å². The molecule has 1 unspecified atom stereocenters. The minimum absolute atomic E-state index is 0.0523. The molecule has 0 bridgehead atoms. The first kappa shape index (κ1) is 14.6. The average molecular weight is 272 g/mol. The van der Waals surface area contributed by atoms with Crippen LogP contribution in [-0.4, -0.2) is 42.9 Å².